The number of allylic oxidation sites excluding steroid dienone is 2. The van der Waals surface area contributed by atoms with Gasteiger partial charge in [-0.25, -0.2) is 0 Å². The lowest BCUT2D eigenvalue weighted by Gasteiger charge is -2.42. The Balaban J connectivity index is 1.90. The summed E-state index contributed by atoms with van der Waals surface area (Å²) >= 11 is 0. The number of hydrogen-bond donors (Lipinski definition) is 3. The van der Waals surface area contributed by atoms with Gasteiger partial charge in [0.15, 0.2) is 0 Å². The summed E-state index contributed by atoms with van der Waals surface area (Å²) in [6, 6.07) is 17.8. The van der Waals surface area contributed by atoms with E-state index in [1.807, 2.05) is 78.6 Å². The highest BCUT2D eigenvalue weighted by atomic mass is 16.5. The maximum atomic E-state index is 13.8. The van der Waals surface area contributed by atoms with E-state index in [9.17, 15) is 14.7 Å². The van der Waals surface area contributed by atoms with Crippen LogP contribution in [0.25, 0.3) is 0 Å². The second-order valence-corrected chi connectivity index (χ2v) is 12.6. The van der Waals surface area contributed by atoms with Gasteiger partial charge in [0.25, 0.3) is 0 Å². The Morgan fingerprint density at radius 3 is 2.27 bits per heavy atom. The van der Waals surface area contributed by atoms with Crippen molar-refractivity contribution < 1.29 is 19.4 Å². The van der Waals surface area contributed by atoms with E-state index in [2.05, 4.69) is 33.0 Å². The van der Waals surface area contributed by atoms with Crippen LogP contribution in [0, 0.1) is 17.3 Å². The summed E-state index contributed by atoms with van der Waals surface area (Å²) in [5.74, 6) is 0.134. The van der Waals surface area contributed by atoms with Gasteiger partial charge in [-0.1, -0.05) is 87.9 Å². The molecule has 2 amide bonds. The molecule has 0 saturated heterocycles. The van der Waals surface area contributed by atoms with Gasteiger partial charge in [-0.15, -0.1) is 0 Å². The number of nitrogens with zero attached hydrogens (tertiary/aromatic N) is 1. The predicted molar refractivity (Wildman–Crippen MR) is 178 cm³/mol. The lowest BCUT2D eigenvalue weighted by atomic mass is 9.63. The molecule has 0 radical (unpaired) electrons. The van der Waals surface area contributed by atoms with Crippen molar-refractivity contribution in [2.45, 2.75) is 79.4 Å². The van der Waals surface area contributed by atoms with Crippen LogP contribution >= 0.6 is 0 Å². The van der Waals surface area contributed by atoms with Crippen molar-refractivity contribution >= 4 is 11.8 Å². The lowest BCUT2D eigenvalue weighted by Crippen LogP contribution is -2.52. The molecule has 0 saturated carbocycles. The zero-order valence-corrected chi connectivity index (χ0v) is 27.4. The summed E-state index contributed by atoms with van der Waals surface area (Å²) < 4.78 is 5.98. The monoisotopic (exact) mass is 603 g/mol. The van der Waals surface area contributed by atoms with E-state index in [-0.39, 0.29) is 12.3 Å². The molecule has 7 heteroatoms. The summed E-state index contributed by atoms with van der Waals surface area (Å²) in [6.07, 6.45) is 6.15. The molecule has 7 nitrogen and oxygen atoms in total. The average Bonchev–Trinajstić information content (AvgIpc) is 3.01. The van der Waals surface area contributed by atoms with Crippen LogP contribution in [-0.4, -0.2) is 54.1 Å². The van der Waals surface area contributed by atoms with Crippen molar-refractivity contribution in [2.75, 3.05) is 26.2 Å². The number of nitrogens with two attached hydrogens (primary N) is 1. The Hall–Kier alpha value is -3.42. The van der Waals surface area contributed by atoms with E-state index >= 15 is 0 Å². The smallest absolute Gasteiger partial charge is 0.249 e. The number of aliphatic hydroxyl groups is 1. The molecule has 44 heavy (non-hydrogen) atoms. The quantitative estimate of drug-likeness (QED) is 0.186. The number of nitrogens with one attached hydrogen (secondary N) is 1. The number of rotatable bonds is 18. The Kier molecular flexibility index (Phi) is 13.7. The van der Waals surface area contributed by atoms with E-state index in [1.54, 1.807) is 0 Å². The highest BCUT2D eigenvalue weighted by molar-refractivity contribution is 5.97. The topological polar surface area (TPSA) is 105 Å². The van der Waals surface area contributed by atoms with E-state index < -0.39 is 23.3 Å². The predicted octanol–water partition coefficient (Wildman–Crippen LogP) is 5.82. The summed E-state index contributed by atoms with van der Waals surface area (Å²) in [4.78, 5) is 29.1. The van der Waals surface area contributed by atoms with Gasteiger partial charge in [0, 0.05) is 31.1 Å². The Morgan fingerprint density at radius 1 is 1.02 bits per heavy atom. The summed E-state index contributed by atoms with van der Waals surface area (Å²) in [5.41, 5.74) is 8.43. The highest BCUT2D eigenvalue weighted by Gasteiger charge is 2.48. The van der Waals surface area contributed by atoms with Crippen molar-refractivity contribution in [3.05, 3.63) is 89.0 Å². The molecule has 1 aliphatic carbocycles. The Labute approximate surface area is 264 Å². The molecule has 0 aliphatic heterocycles. The van der Waals surface area contributed by atoms with Crippen molar-refractivity contribution in [3.8, 4) is 5.75 Å². The van der Waals surface area contributed by atoms with Crippen LogP contribution in [0.15, 0.2) is 77.9 Å². The van der Waals surface area contributed by atoms with E-state index in [4.69, 9.17) is 10.5 Å². The Morgan fingerprint density at radius 2 is 1.68 bits per heavy atom. The zero-order chi connectivity index (χ0) is 32.1. The number of carbonyl (C=O) groups is 2. The lowest BCUT2D eigenvalue weighted by molar-refractivity contribution is -0.132. The first-order valence-corrected chi connectivity index (χ1v) is 16.2. The van der Waals surface area contributed by atoms with Crippen LogP contribution in [0.5, 0.6) is 5.75 Å². The third kappa shape index (κ3) is 9.80. The molecule has 2 aromatic carbocycles. The second-order valence-electron chi connectivity index (χ2n) is 12.6. The van der Waals surface area contributed by atoms with E-state index in [0.29, 0.717) is 44.2 Å². The van der Waals surface area contributed by atoms with Gasteiger partial charge >= 0.3 is 0 Å². The minimum absolute atomic E-state index is 0.0602. The van der Waals surface area contributed by atoms with Crippen molar-refractivity contribution in [2.24, 2.45) is 23.0 Å². The van der Waals surface area contributed by atoms with Gasteiger partial charge in [-0.05, 0) is 74.8 Å². The zero-order valence-electron chi connectivity index (χ0n) is 27.4. The maximum absolute atomic E-state index is 13.8. The fourth-order valence-corrected chi connectivity index (χ4v) is 6.08. The fraction of sp³-hybridized carbons (Fsp3) is 0.514. The second kappa shape index (κ2) is 17.2. The minimum Gasteiger partial charge on any atom is -0.489 e. The molecule has 0 heterocycles. The number of aliphatic hydroxyl groups excluding tert-OH is 1. The first-order chi connectivity index (χ1) is 21.1. The van der Waals surface area contributed by atoms with Crippen LogP contribution in [0.4, 0.5) is 0 Å². The normalized spacial score (nSPS) is 17.9. The van der Waals surface area contributed by atoms with Crippen LogP contribution < -0.4 is 15.8 Å². The molecule has 3 atom stereocenters. The number of primary amides is 1. The molecule has 4 N–H and O–H groups in total. The third-order valence-corrected chi connectivity index (χ3v) is 8.38. The maximum Gasteiger partial charge on any atom is 0.249 e. The number of hydrogen-bond acceptors (Lipinski definition) is 5. The fourth-order valence-electron chi connectivity index (χ4n) is 6.08. The number of benzene rings is 2. The molecule has 0 spiro atoms. The van der Waals surface area contributed by atoms with Crippen LogP contribution in [0.3, 0.4) is 0 Å². The summed E-state index contributed by atoms with van der Waals surface area (Å²) in [7, 11) is 0. The standard InChI is InChI=1S/C37H53N3O4/c1-6-19-40(20-7-2)35(42)31-21-28(5)23-37(24-31,36(38)43)33(34(41)25-39-18-17-27(3)4)22-29-13-15-32(16-14-29)44-26-30-11-9-8-10-12-30/h8-16,21,23,27,33-34,39,41H,6-7,17-20,22,24-26H2,1-5H3,(H2,38,43)/t33-,34+,37?/m1/s1. The van der Waals surface area contributed by atoms with Gasteiger partial charge in [-0.3, -0.25) is 9.59 Å². The van der Waals surface area contributed by atoms with Gasteiger partial charge < -0.3 is 25.8 Å². The molecule has 240 valence electrons. The first kappa shape index (κ1) is 35.1. The molecule has 1 aliphatic rings. The molecule has 0 bridgehead atoms. The highest BCUT2D eigenvalue weighted by Crippen LogP contribution is 2.44. The van der Waals surface area contributed by atoms with E-state index in [1.165, 1.54) is 0 Å². The van der Waals surface area contributed by atoms with E-state index in [0.717, 1.165) is 48.3 Å². The van der Waals surface area contributed by atoms with Gasteiger partial charge in [0.2, 0.25) is 11.8 Å². The third-order valence-electron chi connectivity index (χ3n) is 8.38. The largest absolute Gasteiger partial charge is 0.489 e. The molecule has 0 aromatic heterocycles. The molecule has 0 fully saturated rings. The first-order valence-electron chi connectivity index (χ1n) is 16.2. The van der Waals surface area contributed by atoms with Crippen molar-refractivity contribution in [1.82, 2.24) is 10.2 Å². The van der Waals surface area contributed by atoms with Crippen LogP contribution in [0.1, 0.15) is 71.4 Å². The molecular weight excluding hydrogens is 550 g/mol. The summed E-state index contributed by atoms with van der Waals surface area (Å²) in [6.45, 7) is 13.2. The minimum atomic E-state index is -1.23. The van der Waals surface area contributed by atoms with Crippen LogP contribution in [-0.2, 0) is 22.6 Å². The number of ether oxygens (including phenoxy) is 1. The average molecular weight is 604 g/mol. The molecule has 2 aromatic rings. The molecular formula is C37H53N3O4. The van der Waals surface area contributed by atoms with Gasteiger partial charge in [0.1, 0.15) is 12.4 Å². The molecule has 3 rings (SSSR count). The van der Waals surface area contributed by atoms with Crippen molar-refractivity contribution in [1.29, 1.82) is 0 Å². The Bertz CT molecular complexity index is 1250. The summed E-state index contributed by atoms with van der Waals surface area (Å²) in [5, 5.41) is 15.1. The van der Waals surface area contributed by atoms with Gasteiger partial charge in [0.05, 0.1) is 11.5 Å². The molecule has 1 unspecified atom stereocenters. The van der Waals surface area contributed by atoms with Crippen molar-refractivity contribution in [3.63, 3.8) is 0 Å². The van der Waals surface area contributed by atoms with Gasteiger partial charge in [-0.2, -0.15) is 0 Å². The van der Waals surface area contributed by atoms with Crippen LogP contribution in [0.2, 0.25) is 0 Å². The SMILES string of the molecule is CCCN(CCC)C(=O)C1=CC(C)=CC(C(N)=O)([C@H](Cc2ccc(OCc3ccccc3)cc2)[C@@H](O)CNCCC(C)C)C1. The number of amides is 2. The number of carbonyl (C=O) groups excluding carboxylic acids is 2.